The molecule has 0 aliphatic heterocycles. The fraction of sp³-hybridized carbons (Fsp3) is 0.462. The maximum absolute atomic E-state index is 13.1. The van der Waals surface area contributed by atoms with Crippen molar-refractivity contribution in [3.8, 4) is 0 Å². The van der Waals surface area contributed by atoms with Gasteiger partial charge in [0.05, 0.1) is 5.54 Å². The molecule has 0 aliphatic rings. The van der Waals surface area contributed by atoms with E-state index in [0.29, 0.717) is 18.5 Å². The highest BCUT2D eigenvalue weighted by Gasteiger charge is 2.33. The van der Waals surface area contributed by atoms with Crippen molar-refractivity contribution in [2.45, 2.75) is 32.2 Å². The maximum atomic E-state index is 13.1. The van der Waals surface area contributed by atoms with Crippen molar-refractivity contribution in [1.29, 1.82) is 0 Å². The zero-order valence-corrected chi connectivity index (χ0v) is 10.5. The van der Waals surface area contributed by atoms with Crippen molar-refractivity contribution in [3.63, 3.8) is 0 Å². The highest BCUT2D eigenvalue weighted by molar-refractivity contribution is 5.99. The summed E-state index contributed by atoms with van der Waals surface area (Å²) < 4.78 is 13.1. The number of carbonyl (C=O) groups excluding carboxylic acids is 1. The predicted octanol–water partition coefficient (Wildman–Crippen LogP) is 2.31. The van der Waals surface area contributed by atoms with E-state index in [1.54, 1.807) is 19.2 Å². The summed E-state index contributed by atoms with van der Waals surface area (Å²) >= 11 is 0. The minimum Gasteiger partial charge on any atom is -0.317 e. The van der Waals surface area contributed by atoms with E-state index in [1.165, 1.54) is 17.0 Å². The molecule has 0 heterocycles. The Hall–Kier alpha value is -1.42. The van der Waals surface area contributed by atoms with E-state index in [9.17, 15) is 9.18 Å². The molecule has 1 amide bonds. The number of rotatable bonds is 4. The maximum Gasteiger partial charge on any atom is 0.246 e. The molecule has 0 saturated carbocycles. The lowest BCUT2D eigenvalue weighted by Crippen LogP contribution is -2.53. The average Bonchev–Trinajstić information content (AvgIpc) is 2.36. The zero-order chi connectivity index (χ0) is 13.1. The Morgan fingerprint density at radius 2 is 2.00 bits per heavy atom. The lowest BCUT2D eigenvalue weighted by atomic mass is 9.92. The topological polar surface area (TPSA) is 46.3 Å². The molecular weight excluding hydrogens is 219 g/mol. The largest absolute Gasteiger partial charge is 0.317 e. The van der Waals surface area contributed by atoms with Crippen LogP contribution in [0.2, 0.25) is 0 Å². The van der Waals surface area contributed by atoms with Crippen LogP contribution in [0.25, 0.3) is 0 Å². The van der Waals surface area contributed by atoms with Crippen molar-refractivity contribution in [1.82, 2.24) is 0 Å². The number of hydrogen-bond donors (Lipinski definition) is 1. The summed E-state index contributed by atoms with van der Waals surface area (Å²) in [6.45, 7) is 3.75. The van der Waals surface area contributed by atoms with Crippen LogP contribution in [-0.2, 0) is 4.79 Å². The van der Waals surface area contributed by atoms with Gasteiger partial charge < -0.3 is 10.6 Å². The number of benzene rings is 1. The number of amides is 1. The van der Waals surface area contributed by atoms with Crippen molar-refractivity contribution in [2.24, 2.45) is 5.73 Å². The van der Waals surface area contributed by atoms with Gasteiger partial charge in [0.15, 0.2) is 0 Å². The highest BCUT2D eigenvalue weighted by atomic mass is 19.1. The van der Waals surface area contributed by atoms with E-state index in [-0.39, 0.29) is 11.7 Å². The van der Waals surface area contributed by atoms with Gasteiger partial charge in [-0.25, -0.2) is 4.39 Å². The molecule has 0 aliphatic carbocycles. The molecule has 0 fully saturated rings. The van der Waals surface area contributed by atoms with Crippen LogP contribution < -0.4 is 10.6 Å². The van der Waals surface area contributed by atoms with Gasteiger partial charge in [-0.2, -0.15) is 0 Å². The number of halogens is 1. The van der Waals surface area contributed by atoms with Gasteiger partial charge in [0.1, 0.15) is 5.82 Å². The molecular formula is C13H19FN2O. The molecule has 17 heavy (non-hydrogen) atoms. The minimum absolute atomic E-state index is 0.187. The molecule has 0 atom stereocenters. The fourth-order valence-electron chi connectivity index (χ4n) is 1.69. The Balaban J connectivity index is 2.97. The van der Waals surface area contributed by atoms with E-state index in [4.69, 9.17) is 5.73 Å². The first-order valence-corrected chi connectivity index (χ1v) is 5.77. The molecule has 4 heteroatoms. The number of hydrogen-bond acceptors (Lipinski definition) is 2. The van der Waals surface area contributed by atoms with Crippen LogP contribution in [-0.4, -0.2) is 18.5 Å². The van der Waals surface area contributed by atoms with Gasteiger partial charge in [-0.3, -0.25) is 4.79 Å². The number of nitrogens with zero attached hydrogens (tertiary/aromatic N) is 1. The third-order valence-corrected chi connectivity index (χ3v) is 3.19. The first kappa shape index (κ1) is 13.6. The first-order valence-electron chi connectivity index (χ1n) is 5.77. The summed E-state index contributed by atoms with van der Waals surface area (Å²) in [7, 11) is 1.62. The first-order chi connectivity index (χ1) is 7.94. The van der Waals surface area contributed by atoms with Crippen LogP contribution in [0.3, 0.4) is 0 Å². The molecule has 0 aromatic heterocycles. The SMILES string of the molecule is CCC(N)(CC)C(=O)N(C)c1cccc(F)c1. The normalized spacial score (nSPS) is 11.4. The van der Waals surface area contributed by atoms with Gasteiger partial charge in [0.2, 0.25) is 5.91 Å². The number of nitrogens with two attached hydrogens (primary N) is 1. The Bertz CT molecular complexity index is 402. The molecule has 0 bridgehead atoms. The van der Waals surface area contributed by atoms with Crippen LogP contribution >= 0.6 is 0 Å². The summed E-state index contributed by atoms with van der Waals surface area (Å²) in [6.07, 6.45) is 1.12. The fourth-order valence-corrected chi connectivity index (χ4v) is 1.69. The average molecular weight is 238 g/mol. The summed E-state index contributed by atoms with van der Waals surface area (Å²) in [5.74, 6) is -0.550. The minimum atomic E-state index is -0.874. The molecule has 2 N–H and O–H groups in total. The molecule has 0 spiro atoms. The van der Waals surface area contributed by atoms with Gasteiger partial charge >= 0.3 is 0 Å². The monoisotopic (exact) mass is 238 g/mol. The van der Waals surface area contributed by atoms with Crippen molar-refractivity contribution >= 4 is 11.6 Å². The molecule has 94 valence electrons. The summed E-state index contributed by atoms with van der Waals surface area (Å²) in [4.78, 5) is 13.6. The standard InChI is InChI=1S/C13H19FN2O/c1-4-13(15,5-2)12(17)16(3)11-8-6-7-10(14)9-11/h6-9H,4-5,15H2,1-3H3. The number of anilines is 1. The molecule has 1 aromatic carbocycles. The number of carbonyl (C=O) groups is 1. The Kier molecular flexibility index (Phi) is 4.23. The van der Waals surface area contributed by atoms with E-state index < -0.39 is 5.54 Å². The van der Waals surface area contributed by atoms with Crippen molar-refractivity contribution < 1.29 is 9.18 Å². The van der Waals surface area contributed by atoms with Crippen molar-refractivity contribution in [3.05, 3.63) is 30.1 Å². The van der Waals surface area contributed by atoms with Crippen LogP contribution in [0, 0.1) is 5.82 Å². The Morgan fingerprint density at radius 3 is 2.47 bits per heavy atom. The second-order valence-electron chi connectivity index (χ2n) is 4.21. The van der Waals surface area contributed by atoms with Gasteiger partial charge in [-0.05, 0) is 31.0 Å². The van der Waals surface area contributed by atoms with Crippen LogP contribution in [0.15, 0.2) is 24.3 Å². The Labute approximate surface area is 101 Å². The summed E-state index contributed by atoms with van der Waals surface area (Å²) in [5.41, 5.74) is 5.68. The van der Waals surface area contributed by atoms with Crippen LogP contribution in [0.1, 0.15) is 26.7 Å². The quantitative estimate of drug-likeness (QED) is 0.875. The summed E-state index contributed by atoms with van der Waals surface area (Å²) in [6, 6.07) is 5.93. The van der Waals surface area contributed by atoms with Gasteiger partial charge in [0.25, 0.3) is 0 Å². The van der Waals surface area contributed by atoms with Crippen LogP contribution in [0.4, 0.5) is 10.1 Å². The molecule has 1 rings (SSSR count). The highest BCUT2D eigenvalue weighted by Crippen LogP contribution is 2.20. The zero-order valence-electron chi connectivity index (χ0n) is 10.5. The van der Waals surface area contributed by atoms with Gasteiger partial charge in [0, 0.05) is 12.7 Å². The van der Waals surface area contributed by atoms with Crippen molar-refractivity contribution in [2.75, 3.05) is 11.9 Å². The van der Waals surface area contributed by atoms with Gasteiger partial charge in [-0.15, -0.1) is 0 Å². The van der Waals surface area contributed by atoms with Crippen LogP contribution in [0.5, 0.6) is 0 Å². The van der Waals surface area contributed by atoms with E-state index in [2.05, 4.69) is 0 Å². The second-order valence-corrected chi connectivity index (χ2v) is 4.21. The second kappa shape index (κ2) is 5.27. The molecule has 0 radical (unpaired) electrons. The molecule has 0 unspecified atom stereocenters. The third kappa shape index (κ3) is 2.82. The smallest absolute Gasteiger partial charge is 0.246 e. The van der Waals surface area contributed by atoms with E-state index in [0.717, 1.165) is 0 Å². The molecule has 3 nitrogen and oxygen atoms in total. The third-order valence-electron chi connectivity index (χ3n) is 3.19. The summed E-state index contributed by atoms with van der Waals surface area (Å²) in [5, 5.41) is 0. The number of likely N-dealkylation sites (N-methyl/N-ethyl adjacent to an activating group) is 1. The predicted molar refractivity (Wildman–Crippen MR) is 67.3 cm³/mol. The lowest BCUT2D eigenvalue weighted by molar-refractivity contribution is -0.123. The molecule has 0 saturated heterocycles. The lowest BCUT2D eigenvalue weighted by Gasteiger charge is -2.30. The van der Waals surface area contributed by atoms with E-state index in [1.807, 2.05) is 13.8 Å². The Morgan fingerprint density at radius 1 is 1.41 bits per heavy atom. The van der Waals surface area contributed by atoms with E-state index >= 15 is 0 Å². The van der Waals surface area contributed by atoms with Gasteiger partial charge in [-0.1, -0.05) is 19.9 Å². The molecule has 1 aromatic rings.